The van der Waals surface area contributed by atoms with Gasteiger partial charge in [-0.25, -0.2) is 0 Å². The number of ether oxygens (including phenoxy) is 2. The van der Waals surface area contributed by atoms with E-state index in [9.17, 15) is 0 Å². The first-order chi connectivity index (χ1) is 6.46. The van der Waals surface area contributed by atoms with Crippen molar-refractivity contribution in [1.29, 1.82) is 0 Å². The van der Waals surface area contributed by atoms with Crippen LogP contribution in [0, 0.1) is 17.3 Å². The number of hydrogen-bond donors (Lipinski definition) is 0. The van der Waals surface area contributed by atoms with E-state index < -0.39 is 0 Å². The third-order valence-corrected chi connectivity index (χ3v) is 5.02. The number of hydrogen-bond acceptors (Lipinski definition) is 2. The summed E-state index contributed by atoms with van der Waals surface area (Å²) in [7, 11) is 3.63. The topological polar surface area (TPSA) is 18.5 Å². The van der Waals surface area contributed by atoms with Gasteiger partial charge in [0.2, 0.25) is 0 Å². The van der Waals surface area contributed by atoms with E-state index >= 15 is 0 Å². The molecule has 0 saturated heterocycles. The summed E-state index contributed by atoms with van der Waals surface area (Å²) in [5.41, 5.74) is 0.368. The normalized spacial score (nSPS) is 49.9. The highest BCUT2D eigenvalue weighted by Crippen LogP contribution is 2.63. The maximum atomic E-state index is 5.74. The van der Waals surface area contributed by atoms with E-state index in [1.54, 1.807) is 7.11 Å². The predicted molar refractivity (Wildman–Crippen MR) is 56.2 cm³/mol. The van der Waals surface area contributed by atoms with Crippen LogP contribution in [0.3, 0.4) is 0 Å². The minimum absolute atomic E-state index is 0.0764. The third kappa shape index (κ3) is 1.04. The molecule has 2 bridgehead atoms. The molecule has 0 aromatic heterocycles. The summed E-state index contributed by atoms with van der Waals surface area (Å²) in [6.07, 6.45) is 2.76. The lowest BCUT2D eigenvalue weighted by Gasteiger charge is -2.65. The van der Waals surface area contributed by atoms with Crippen molar-refractivity contribution in [2.24, 2.45) is 17.3 Å². The maximum Gasteiger partial charge on any atom is 0.0944 e. The van der Waals surface area contributed by atoms with Crippen LogP contribution in [0.25, 0.3) is 0 Å². The first-order valence-corrected chi connectivity index (χ1v) is 5.54. The highest BCUT2D eigenvalue weighted by Gasteiger charge is 2.63. The Morgan fingerprint density at radius 1 is 1.07 bits per heavy atom. The maximum absolute atomic E-state index is 5.74. The molecule has 82 valence electrons. The van der Waals surface area contributed by atoms with Crippen LogP contribution < -0.4 is 0 Å². The second kappa shape index (κ2) is 2.96. The van der Waals surface area contributed by atoms with Crippen LogP contribution in [0.15, 0.2) is 0 Å². The Balaban J connectivity index is 2.26. The molecule has 2 heteroatoms. The highest BCUT2D eigenvalue weighted by atomic mass is 16.5. The molecule has 0 aromatic rings. The molecule has 14 heavy (non-hydrogen) atoms. The van der Waals surface area contributed by atoms with Gasteiger partial charge in [-0.1, -0.05) is 13.8 Å². The molecule has 3 aliphatic rings. The first kappa shape index (κ1) is 10.4. The van der Waals surface area contributed by atoms with Crippen molar-refractivity contribution in [3.05, 3.63) is 0 Å². The SMILES string of the molecule is COC1CC2CC(C2(C)C)[C@]1(C)OC. The fraction of sp³-hybridized carbons (Fsp3) is 1.00. The van der Waals surface area contributed by atoms with Crippen molar-refractivity contribution in [3.8, 4) is 0 Å². The molecule has 0 radical (unpaired) electrons. The van der Waals surface area contributed by atoms with Crippen molar-refractivity contribution in [2.45, 2.75) is 45.3 Å². The zero-order valence-electron chi connectivity index (χ0n) is 9.96. The second-order valence-electron chi connectivity index (χ2n) is 5.65. The molecule has 0 amide bonds. The average Bonchev–Trinajstić information content (AvgIpc) is 2.17. The predicted octanol–water partition coefficient (Wildman–Crippen LogP) is 2.47. The molecule has 0 aliphatic heterocycles. The van der Waals surface area contributed by atoms with Gasteiger partial charge >= 0.3 is 0 Å². The van der Waals surface area contributed by atoms with E-state index in [1.807, 2.05) is 7.11 Å². The first-order valence-electron chi connectivity index (χ1n) is 5.54. The van der Waals surface area contributed by atoms with Crippen molar-refractivity contribution in [1.82, 2.24) is 0 Å². The van der Waals surface area contributed by atoms with Gasteiger partial charge < -0.3 is 9.47 Å². The van der Waals surface area contributed by atoms with Gasteiger partial charge in [0.05, 0.1) is 11.7 Å². The lowest BCUT2D eigenvalue weighted by molar-refractivity contribution is -0.262. The molecule has 0 N–H and O–H groups in total. The van der Waals surface area contributed by atoms with E-state index in [0.29, 0.717) is 11.3 Å². The molecule has 3 fully saturated rings. The molecule has 3 aliphatic carbocycles. The molecule has 0 heterocycles. The smallest absolute Gasteiger partial charge is 0.0944 e. The van der Waals surface area contributed by atoms with Gasteiger partial charge in [0.25, 0.3) is 0 Å². The van der Waals surface area contributed by atoms with Crippen LogP contribution in [0.5, 0.6) is 0 Å². The molecule has 3 saturated carbocycles. The zero-order chi connectivity index (χ0) is 10.6. The Labute approximate surface area is 87.0 Å². The van der Waals surface area contributed by atoms with E-state index in [2.05, 4.69) is 20.8 Å². The zero-order valence-corrected chi connectivity index (χ0v) is 9.96. The summed E-state index contributed by atoms with van der Waals surface area (Å²) in [6, 6.07) is 0. The van der Waals surface area contributed by atoms with Gasteiger partial charge in [0.1, 0.15) is 0 Å². The van der Waals surface area contributed by atoms with Gasteiger partial charge in [-0.15, -0.1) is 0 Å². The molecule has 2 nitrogen and oxygen atoms in total. The van der Waals surface area contributed by atoms with Gasteiger partial charge in [-0.3, -0.25) is 0 Å². The Hall–Kier alpha value is -0.0800. The Morgan fingerprint density at radius 3 is 2.14 bits per heavy atom. The quantitative estimate of drug-likeness (QED) is 0.678. The van der Waals surface area contributed by atoms with E-state index in [1.165, 1.54) is 6.42 Å². The van der Waals surface area contributed by atoms with Crippen molar-refractivity contribution >= 4 is 0 Å². The van der Waals surface area contributed by atoms with E-state index in [0.717, 1.165) is 12.3 Å². The van der Waals surface area contributed by atoms with Crippen molar-refractivity contribution < 1.29 is 9.47 Å². The monoisotopic (exact) mass is 198 g/mol. The average molecular weight is 198 g/mol. The summed E-state index contributed by atoms with van der Waals surface area (Å²) in [5, 5.41) is 0. The molecular formula is C12H22O2. The summed E-state index contributed by atoms with van der Waals surface area (Å²) in [6.45, 7) is 6.95. The Kier molecular flexibility index (Phi) is 2.20. The largest absolute Gasteiger partial charge is 0.378 e. The molecule has 0 aromatic carbocycles. The van der Waals surface area contributed by atoms with Crippen LogP contribution in [0.1, 0.15) is 33.6 Å². The summed E-state index contributed by atoms with van der Waals surface area (Å²) in [5.74, 6) is 1.49. The molecule has 3 rings (SSSR count). The van der Waals surface area contributed by atoms with Crippen LogP contribution in [0.4, 0.5) is 0 Å². The lowest BCUT2D eigenvalue weighted by atomic mass is 9.43. The van der Waals surface area contributed by atoms with Crippen LogP contribution in [0.2, 0.25) is 0 Å². The summed E-state index contributed by atoms with van der Waals surface area (Å²) in [4.78, 5) is 0. The Morgan fingerprint density at radius 2 is 1.71 bits per heavy atom. The molecule has 0 spiro atoms. The number of methoxy groups -OCH3 is 2. The fourth-order valence-corrected chi connectivity index (χ4v) is 3.71. The number of rotatable bonds is 2. The Bertz CT molecular complexity index is 236. The summed E-state index contributed by atoms with van der Waals surface area (Å²) < 4.78 is 11.3. The number of fused-ring (bicyclic) bond motifs is 2. The van der Waals surface area contributed by atoms with E-state index in [4.69, 9.17) is 9.47 Å². The van der Waals surface area contributed by atoms with Gasteiger partial charge in [-0.2, -0.15) is 0 Å². The molecule has 4 atom stereocenters. The van der Waals surface area contributed by atoms with Crippen LogP contribution in [-0.4, -0.2) is 25.9 Å². The summed E-state index contributed by atoms with van der Waals surface area (Å²) >= 11 is 0. The standard InChI is InChI=1S/C12H22O2/c1-11(2)8-6-9(11)12(3,14-5)10(7-8)13-4/h8-10H,6-7H2,1-5H3/t8?,9?,10?,12-/m0/s1. The van der Waals surface area contributed by atoms with Crippen LogP contribution >= 0.6 is 0 Å². The van der Waals surface area contributed by atoms with Gasteiger partial charge in [0.15, 0.2) is 0 Å². The third-order valence-electron chi connectivity index (χ3n) is 5.02. The van der Waals surface area contributed by atoms with Crippen molar-refractivity contribution in [3.63, 3.8) is 0 Å². The van der Waals surface area contributed by atoms with Crippen LogP contribution in [-0.2, 0) is 9.47 Å². The molecule has 3 unspecified atom stereocenters. The lowest BCUT2D eigenvalue weighted by Crippen LogP contribution is -2.67. The highest BCUT2D eigenvalue weighted by molar-refractivity contribution is 5.13. The molecular weight excluding hydrogens is 176 g/mol. The minimum atomic E-state index is -0.0764. The minimum Gasteiger partial charge on any atom is -0.378 e. The van der Waals surface area contributed by atoms with Crippen molar-refractivity contribution in [2.75, 3.05) is 14.2 Å². The van der Waals surface area contributed by atoms with Gasteiger partial charge in [0, 0.05) is 14.2 Å². The van der Waals surface area contributed by atoms with Gasteiger partial charge in [-0.05, 0) is 37.0 Å². The second-order valence-corrected chi connectivity index (χ2v) is 5.65. The van der Waals surface area contributed by atoms with E-state index in [-0.39, 0.29) is 11.7 Å². The fourth-order valence-electron chi connectivity index (χ4n) is 3.71.